The fraction of sp³-hybridized carbons (Fsp3) is 1.00. The first-order chi connectivity index (χ1) is 3.81. The van der Waals surface area contributed by atoms with Crippen LogP contribution in [0, 0.1) is 0 Å². The van der Waals surface area contributed by atoms with Crippen LogP contribution >= 0.6 is 8.10 Å². The van der Waals surface area contributed by atoms with Crippen molar-refractivity contribution >= 4 is 8.10 Å². The van der Waals surface area contributed by atoms with E-state index in [2.05, 4.69) is 10.2 Å². The highest BCUT2D eigenvalue weighted by atomic mass is 31.1. The van der Waals surface area contributed by atoms with Gasteiger partial charge in [0.1, 0.15) is 0 Å². The maximum Gasteiger partial charge on any atom is 0.532 e. The molecule has 0 spiro atoms. The van der Waals surface area contributed by atoms with Gasteiger partial charge in [-0.2, -0.15) is 0 Å². The standard InChI is InChI=1S/C4H12N2OP/c1-3-5-8(7)6-4-2/h3-4H2,1-2H3,(H2,5,6,7)/q+1. The van der Waals surface area contributed by atoms with Crippen LogP contribution in [0.3, 0.4) is 0 Å². The van der Waals surface area contributed by atoms with Crippen molar-refractivity contribution < 1.29 is 4.57 Å². The summed E-state index contributed by atoms with van der Waals surface area (Å²) in [5.74, 6) is 0. The summed E-state index contributed by atoms with van der Waals surface area (Å²) >= 11 is 0. The SMILES string of the molecule is CCN[P+](=O)NCC. The second-order valence-electron chi connectivity index (χ2n) is 1.32. The summed E-state index contributed by atoms with van der Waals surface area (Å²) in [4.78, 5) is 0. The molecule has 0 atom stereocenters. The normalized spacial score (nSPS) is 9.25. The van der Waals surface area contributed by atoms with Gasteiger partial charge in [-0.3, -0.25) is 0 Å². The van der Waals surface area contributed by atoms with E-state index >= 15 is 0 Å². The molecule has 0 aliphatic heterocycles. The molecule has 0 saturated heterocycles. The molecular weight excluding hydrogens is 123 g/mol. The van der Waals surface area contributed by atoms with Crippen LogP contribution < -0.4 is 10.2 Å². The lowest BCUT2D eigenvalue weighted by Gasteiger charge is -1.82. The van der Waals surface area contributed by atoms with Gasteiger partial charge in [0.25, 0.3) is 0 Å². The fourth-order valence-electron chi connectivity index (χ4n) is 0.343. The van der Waals surface area contributed by atoms with E-state index in [1.165, 1.54) is 0 Å². The zero-order valence-corrected chi connectivity index (χ0v) is 6.16. The van der Waals surface area contributed by atoms with Crippen LogP contribution in [0.4, 0.5) is 0 Å². The van der Waals surface area contributed by atoms with E-state index in [0.717, 1.165) is 13.1 Å². The van der Waals surface area contributed by atoms with E-state index in [-0.39, 0.29) is 0 Å². The van der Waals surface area contributed by atoms with E-state index < -0.39 is 8.10 Å². The third-order valence-electron chi connectivity index (χ3n) is 0.603. The van der Waals surface area contributed by atoms with Gasteiger partial charge in [-0.25, -0.2) is 0 Å². The smallest absolute Gasteiger partial charge is 0.0917 e. The molecule has 0 saturated carbocycles. The molecule has 0 bridgehead atoms. The van der Waals surface area contributed by atoms with Crippen LogP contribution in [0.2, 0.25) is 0 Å². The van der Waals surface area contributed by atoms with Crippen molar-refractivity contribution in [2.24, 2.45) is 0 Å². The lowest BCUT2D eigenvalue weighted by atomic mass is 10.8. The third kappa shape index (κ3) is 4.19. The minimum atomic E-state index is -1.33. The molecule has 0 aliphatic rings. The van der Waals surface area contributed by atoms with Crippen molar-refractivity contribution in [2.45, 2.75) is 13.8 Å². The Labute approximate surface area is 50.8 Å². The molecule has 2 N–H and O–H groups in total. The van der Waals surface area contributed by atoms with Crippen LogP contribution in [0.15, 0.2) is 0 Å². The predicted molar refractivity (Wildman–Crippen MR) is 35.0 cm³/mol. The molecule has 0 amide bonds. The minimum Gasteiger partial charge on any atom is -0.0917 e. The Hall–Kier alpha value is 0.0200. The summed E-state index contributed by atoms with van der Waals surface area (Å²) in [7, 11) is -1.33. The van der Waals surface area contributed by atoms with Crippen molar-refractivity contribution in [1.82, 2.24) is 10.2 Å². The molecule has 8 heavy (non-hydrogen) atoms. The molecule has 3 nitrogen and oxygen atoms in total. The Kier molecular flexibility index (Phi) is 5.18. The molecule has 0 heterocycles. The second-order valence-corrected chi connectivity index (χ2v) is 2.54. The summed E-state index contributed by atoms with van der Waals surface area (Å²) in [5.41, 5.74) is 0. The number of nitrogens with one attached hydrogen (secondary N) is 2. The third-order valence-corrected chi connectivity index (χ3v) is 1.81. The molecule has 0 unspecified atom stereocenters. The Bertz CT molecular complexity index is 68.4. The molecule has 0 fully saturated rings. The summed E-state index contributed by atoms with van der Waals surface area (Å²) in [6.45, 7) is 5.35. The van der Waals surface area contributed by atoms with Gasteiger partial charge in [-0.1, -0.05) is 10.2 Å². The molecule has 0 aromatic rings. The Morgan fingerprint density at radius 3 is 1.88 bits per heavy atom. The molecule has 0 rings (SSSR count). The van der Waals surface area contributed by atoms with Crippen molar-refractivity contribution in [2.75, 3.05) is 13.1 Å². The average Bonchev–Trinajstić information content (AvgIpc) is 1.68. The molecule has 4 heteroatoms. The van der Waals surface area contributed by atoms with Crippen molar-refractivity contribution in [1.29, 1.82) is 0 Å². The zero-order valence-electron chi connectivity index (χ0n) is 5.27. The van der Waals surface area contributed by atoms with E-state index in [1.807, 2.05) is 13.8 Å². The first-order valence-electron chi connectivity index (χ1n) is 2.75. The van der Waals surface area contributed by atoms with Gasteiger partial charge in [0.2, 0.25) is 0 Å². The Morgan fingerprint density at radius 2 is 1.62 bits per heavy atom. The molecular formula is C4H12N2OP+. The summed E-state index contributed by atoms with van der Waals surface area (Å²) in [6, 6.07) is 0. The van der Waals surface area contributed by atoms with Gasteiger partial charge < -0.3 is 0 Å². The highest BCUT2D eigenvalue weighted by molar-refractivity contribution is 7.40. The molecule has 0 aromatic carbocycles. The number of rotatable bonds is 4. The highest BCUT2D eigenvalue weighted by Gasteiger charge is 2.08. The maximum absolute atomic E-state index is 10.6. The van der Waals surface area contributed by atoms with E-state index in [1.54, 1.807) is 0 Å². The van der Waals surface area contributed by atoms with Gasteiger partial charge in [0, 0.05) is 13.1 Å². The molecule has 0 aromatic heterocycles. The van der Waals surface area contributed by atoms with Crippen LogP contribution in [-0.4, -0.2) is 13.1 Å². The summed E-state index contributed by atoms with van der Waals surface area (Å²) in [5, 5.41) is 5.49. The summed E-state index contributed by atoms with van der Waals surface area (Å²) in [6.07, 6.45) is 0. The van der Waals surface area contributed by atoms with Crippen LogP contribution in [0.5, 0.6) is 0 Å². The molecule has 48 valence electrons. The van der Waals surface area contributed by atoms with Crippen molar-refractivity contribution in [3.8, 4) is 0 Å². The van der Waals surface area contributed by atoms with Gasteiger partial charge in [-0.15, -0.1) is 0 Å². The Morgan fingerprint density at radius 1 is 1.25 bits per heavy atom. The zero-order chi connectivity index (χ0) is 6.41. The quantitative estimate of drug-likeness (QED) is 0.562. The van der Waals surface area contributed by atoms with Gasteiger partial charge in [-0.05, 0) is 18.4 Å². The average molecular weight is 135 g/mol. The maximum atomic E-state index is 10.6. The van der Waals surface area contributed by atoms with Crippen LogP contribution in [-0.2, 0) is 4.57 Å². The first kappa shape index (κ1) is 8.02. The van der Waals surface area contributed by atoms with Crippen molar-refractivity contribution in [3.05, 3.63) is 0 Å². The molecule has 0 aliphatic carbocycles. The topological polar surface area (TPSA) is 41.1 Å². The monoisotopic (exact) mass is 135 g/mol. The van der Waals surface area contributed by atoms with Gasteiger partial charge in [0.15, 0.2) is 0 Å². The fourth-order valence-corrected chi connectivity index (χ4v) is 1.03. The van der Waals surface area contributed by atoms with Crippen LogP contribution in [0.1, 0.15) is 13.8 Å². The van der Waals surface area contributed by atoms with E-state index in [9.17, 15) is 4.57 Å². The number of hydrogen-bond acceptors (Lipinski definition) is 1. The van der Waals surface area contributed by atoms with Crippen LogP contribution in [0.25, 0.3) is 0 Å². The van der Waals surface area contributed by atoms with Crippen molar-refractivity contribution in [3.63, 3.8) is 0 Å². The lowest BCUT2D eigenvalue weighted by Crippen LogP contribution is -2.12. The van der Waals surface area contributed by atoms with E-state index in [0.29, 0.717) is 0 Å². The largest absolute Gasteiger partial charge is 0.532 e. The first-order valence-corrected chi connectivity index (χ1v) is 4.01. The molecule has 0 radical (unpaired) electrons. The van der Waals surface area contributed by atoms with E-state index in [4.69, 9.17) is 0 Å². The predicted octanol–water partition coefficient (Wildman–Crippen LogP) is 0.863. The summed E-state index contributed by atoms with van der Waals surface area (Å²) < 4.78 is 10.6. The number of hydrogen-bond donors (Lipinski definition) is 2. The minimum absolute atomic E-state index is 0.752. The highest BCUT2D eigenvalue weighted by Crippen LogP contribution is 2.03. The second kappa shape index (κ2) is 5.16. The van der Waals surface area contributed by atoms with Gasteiger partial charge in [0.05, 0.1) is 0 Å². The Balaban J connectivity index is 3.06. The van der Waals surface area contributed by atoms with Gasteiger partial charge >= 0.3 is 8.10 Å². The lowest BCUT2D eigenvalue weighted by molar-refractivity contribution is 0.572.